The number of aryl methyl sites for hydroxylation is 1. The van der Waals surface area contributed by atoms with Gasteiger partial charge in [-0.15, -0.1) is 0 Å². The highest BCUT2D eigenvalue weighted by molar-refractivity contribution is 5.78. The van der Waals surface area contributed by atoms with E-state index in [0.717, 1.165) is 38.2 Å². The van der Waals surface area contributed by atoms with E-state index in [-0.39, 0.29) is 11.8 Å². The van der Waals surface area contributed by atoms with Gasteiger partial charge in [-0.25, -0.2) is 0 Å². The zero-order valence-electron chi connectivity index (χ0n) is 13.1. The van der Waals surface area contributed by atoms with Crippen molar-refractivity contribution in [3.8, 4) is 0 Å². The molecule has 4 heteroatoms. The van der Waals surface area contributed by atoms with E-state index in [1.807, 2.05) is 33.0 Å². The molecule has 2 rings (SSSR count). The molecule has 0 radical (unpaired) electrons. The Morgan fingerprint density at radius 2 is 2.00 bits per heavy atom. The summed E-state index contributed by atoms with van der Waals surface area (Å²) in [4.78, 5) is 18.2. The highest BCUT2D eigenvalue weighted by Crippen LogP contribution is 2.18. The maximum Gasteiger partial charge on any atom is 0.222 e. The van der Waals surface area contributed by atoms with Gasteiger partial charge < -0.3 is 5.32 Å². The van der Waals surface area contributed by atoms with Gasteiger partial charge in [0.2, 0.25) is 5.91 Å². The summed E-state index contributed by atoms with van der Waals surface area (Å²) < 4.78 is 0. The number of piperidine rings is 1. The second-order valence-corrected chi connectivity index (χ2v) is 4.97. The standard InChI is InChI=1S/C14H21N3O.C2H6/c1-11-3-4-12(9-16-11)10-17-7-5-13(6-8-17)14(18)15-2;1-2/h3-4,9,13H,5-8,10H2,1-2H3,(H,15,18);1-2H3. The molecule has 0 aromatic carbocycles. The maximum atomic E-state index is 11.5. The van der Waals surface area contributed by atoms with Crippen LogP contribution in [0, 0.1) is 12.8 Å². The van der Waals surface area contributed by atoms with Crippen LogP contribution in [0.25, 0.3) is 0 Å². The number of nitrogens with one attached hydrogen (secondary N) is 1. The first-order valence-electron chi connectivity index (χ1n) is 7.54. The molecule has 1 amide bonds. The van der Waals surface area contributed by atoms with Crippen LogP contribution in [0.4, 0.5) is 0 Å². The highest BCUT2D eigenvalue weighted by atomic mass is 16.1. The second-order valence-electron chi connectivity index (χ2n) is 4.97. The summed E-state index contributed by atoms with van der Waals surface area (Å²) in [6, 6.07) is 4.18. The van der Waals surface area contributed by atoms with E-state index in [1.54, 1.807) is 7.05 Å². The zero-order chi connectivity index (χ0) is 15.0. The van der Waals surface area contributed by atoms with Crippen LogP contribution in [0.1, 0.15) is 37.9 Å². The van der Waals surface area contributed by atoms with Crippen molar-refractivity contribution >= 4 is 5.91 Å². The number of carbonyl (C=O) groups excluding carboxylic acids is 1. The molecule has 20 heavy (non-hydrogen) atoms. The number of hydrogen-bond donors (Lipinski definition) is 1. The van der Waals surface area contributed by atoms with Gasteiger partial charge in [-0.1, -0.05) is 19.9 Å². The zero-order valence-corrected chi connectivity index (χ0v) is 13.1. The first-order chi connectivity index (χ1) is 9.69. The summed E-state index contributed by atoms with van der Waals surface area (Å²) in [5.74, 6) is 0.383. The van der Waals surface area contributed by atoms with Gasteiger partial charge in [0.05, 0.1) is 0 Å². The molecule has 2 heterocycles. The van der Waals surface area contributed by atoms with Gasteiger partial charge in [0, 0.05) is 31.4 Å². The van der Waals surface area contributed by atoms with Crippen LogP contribution in [0.3, 0.4) is 0 Å². The number of carbonyl (C=O) groups is 1. The molecule has 1 aliphatic heterocycles. The lowest BCUT2D eigenvalue weighted by Gasteiger charge is -2.30. The fraction of sp³-hybridized carbons (Fsp3) is 0.625. The van der Waals surface area contributed by atoms with Gasteiger partial charge in [0.25, 0.3) is 0 Å². The van der Waals surface area contributed by atoms with Gasteiger partial charge >= 0.3 is 0 Å². The monoisotopic (exact) mass is 277 g/mol. The van der Waals surface area contributed by atoms with Crippen LogP contribution < -0.4 is 5.32 Å². The molecule has 4 nitrogen and oxygen atoms in total. The topological polar surface area (TPSA) is 45.2 Å². The smallest absolute Gasteiger partial charge is 0.222 e. The molecule has 1 aliphatic rings. The van der Waals surface area contributed by atoms with Crippen LogP contribution in [0.15, 0.2) is 18.3 Å². The summed E-state index contributed by atoms with van der Waals surface area (Å²) in [5.41, 5.74) is 2.30. The SMILES string of the molecule is CC.CNC(=O)C1CCN(Cc2ccc(C)nc2)CC1. The Balaban J connectivity index is 0.000000956. The molecule has 1 aromatic heterocycles. The van der Waals surface area contributed by atoms with Crippen molar-refractivity contribution < 1.29 is 4.79 Å². The molecular weight excluding hydrogens is 250 g/mol. The number of hydrogen-bond acceptors (Lipinski definition) is 3. The largest absolute Gasteiger partial charge is 0.359 e. The van der Waals surface area contributed by atoms with Crippen LogP contribution in [0.5, 0.6) is 0 Å². The quantitative estimate of drug-likeness (QED) is 0.922. The molecule has 0 saturated carbocycles. The third-order valence-electron chi connectivity index (χ3n) is 3.58. The minimum absolute atomic E-state index is 0.187. The fourth-order valence-corrected chi connectivity index (χ4v) is 2.41. The van der Waals surface area contributed by atoms with E-state index >= 15 is 0 Å². The lowest BCUT2D eigenvalue weighted by Crippen LogP contribution is -2.39. The minimum Gasteiger partial charge on any atom is -0.359 e. The normalized spacial score (nSPS) is 16.2. The predicted molar refractivity (Wildman–Crippen MR) is 82.4 cm³/mol. The lowest BCUT2D eigenvalue weighted by molar-refractivity contribution is -0.125. The van der Waals surface area contributed by atoms with E-state index in [2.05, 4.69) is 21.3 Å². The average Bonchev–Trinajstić information content (AvgIpc) is 2.51. The number of aromatic nitrogens is 1. The van der Waals surface area contributed by atoms with Gasteiger partial charge in [0.1, 0.15) is 0 Å². The number of pyridine rings is 1. The molecular formula is C16H27N3O. The number of likely N-dealkylation sites (tertiary alicyclic amines) is 1. The Hall–Kier alpha value is -1.42. The molecule has 1 N–H and O–H groups in total. The summed E-state index contributed by atoms with van der Waals surface area (Å²) in [6.45, 7) is 8.92. The summed E-state index contributed by atoms with van der Waals surface area (Å²) in [6.07, 6.45) is 3.86. The third-order valence-corrected chi connectivity index (χ3v) is 3.58. The Kier molecular flexibility index (Phi) is 7.23. The van der Waals surface area contributed by atoms with Crippen molar-refractivity contribution in [3.63, 3.8) is 0 Å². The second kappa shape index (κ2) is 8.69. The van der Waals surface area contributed by atoms with Crippen molar-refractivity contribution in [2.24, 2.45) is 5.92 Å². The molecule has 1 saturated heterocycles. The number of nitrogens with zero attached hydrogens (tertiary/aromatic N) is 2. The Labute approximate surface area is 122 Å². The number of amides is 1. The van der Waals surface area contributed by atoms with Crippen LogP contribution in [0.2, 0.25) is 0 Å². The van der Waals surface area contributed by atoms with Crippen LogP contribution in [-0.4, -0.2) is 35.9 Å². The molecule has 0 unspecified atom stereocenters. The van der Waals surface area contributed by atoms with Crippen molar-refractivity contribution in [2.75, 3.05) is 20.1 Å². The Bertz CT molecular complexity index is 395. The molecule has 0 atom stereocenters. The molecule has 0 bridgehead atoms. The van der Waals surface area contributed by atoms with Crippen molar-refractivity contribution in [1.29, 1.82) is 0 Å². The summed E-state index contributed by atoms with van der Waals surface area (Å²) >= 11 is 0. The third kappa shape index (κ3) is 4.93. The predicted octanol–water partition coefficient (Wildman–Crippen LogP) is 2.37. The summed E-state index contributed by atoms with van der Waals surface area (Å²) in [5, 5.41) is 2.74. The molecule has 112 valence electrons. The Morgan fingerprint density at radius 1 is 1.35 bits per heavy atom. The van der Waals surface area contributed by atoms with E-state index in [4.69, 9.17) is 0 Å². The first kappa shape index (κ1) is 16.6. The molecule has 1 aromatic rings. The van der Waals surface area contributed by atoms with Crippen LogP contribution in [-0.2, 0) is 11.3 Å². The van der Waals surface area contributed by atoms with Crippen molar-refractivity contribution in [1.82, 2.24) is 15.2 Å². The first-order valence-corrected chi connectivity index (χ1v) is 7.54. The van der Waals surface area contributed by atoms with Crippen molar-refractivity contribution in [3.05, 3.63) is 29.6 Å². The molecule has 0 spiro atoms. The fourth-order valence-electron chi connectivity index (χ4n) is 2.41. The average molecular weight is 277 g/mol. The van der Waals surface area contributed by atoms with E-state index in [0.29, 0.717) is 0 Å². The van der Waals surface area contributed by atoms with Gasteiger partial charge in [-0.05, 0) is 44.5 Å². The van der Waals surface area contributed by atoms with Crippen LogP contribution >= 0.6 is 0 Å². The summed E-state index contributed by atoms with van der Waals surface area (Å²) in [7, 11) is 1.71. The van der Waals surface area contributed by atoms with Crippen molar-refractivity contribution in [2.45, 2.75) is 40.2 Å². The van der Waals surface area contributed by atoms with Gasteiger partial charge in [0.15, 0.2) is 0 Å². The maximum absolute atomic E-state index is 11.5. The van der Waals surface area contributed by atoms with E-state index in [9.17, 15) is 4.79 Å². The molecule has 0 aliphatic carbocycles. The lowest BCUT2D eigenvalue weighted by atomic mass is 9.96. The minimum atomic E-state index is 0.187. The Morgan fingerprint density at radius 3 is 2.50 bits per heavy atom. The van der Waals surface area contributed by atoms with E-state index in [1.165, 1.54) is 5.56 Å². The highest BCUT2D eigenvalue weighted by Gasteiger charge is 2.23. The number of rotatable bonds is 3. The van der Waals surface area contributed by atoms with E-state index < -0.39 is 0 Å². The molecule has 1 fully saturated rings. The van der Waals surface area contributed by atoms with Gasteiger partial charge in [-0.2, -0.15) is 0 Å². The van der Waals surface area contributed by atoms with Gasteiger partial charge in [-0.3, -0.25) is 14.7 Å².